The highest BCUT2D eigenvalue weighted by molar-refractivity contribution is 6.75. The fourth-order valence-electron chi connectivity index (χ4n) is 1.88. The second-order valence-corrected chi connectivity index (χ2v) is 7.44. The Balaban J connectivity index is 3.23. The number of carbonyl (C=O) groups excluding carboxylic acids is 1. The van der Waals surface area contributed by atoms with Gasteiger partial charge in [-0.2, -0.15) is 0 Å². The molecule has 0 unspecified atom stereocenters. The molecule has 0 bridgehead atoms. The van der Waals surface area contributed by atoms with E-state index < -0.39 is 9.76 Å². The number of hydrogen-bond donors (Lipinski definition) is 0. The third-order valence-electron chi connectivity index (χ3n) is 3.12. The topological polar surface area (TPSA) is 26.3 Å². The zero-order chi connectivity index (χ0) is 16.0. The zero-order valence-corrected chi connectivity index (χ0v) is 15.2. The molecule has 0 rings (SSSR count). The van der Waals surface area contributed by atoms with Gasteiger partial charge in [-0.3, -0.25) is 0 Å². The fraction of sp³-hybridized carbons (Fsp3) is 0.812. The molecule has 0 atom stereocenters. The first kappa shape index (κ1) is 21.1. The number of rotatable bonds is 12. The summed E-state index contributed by atoms with van der Waals surface area (Å²) in [5, 5.41) is 0. The maximum absolute atomic E-state index is 11.1. The van der Waals surface area contributed by atoms with Crippen LogP contribution in [-0.4, -0.2) is 16.4 Å². The van der Waals surface area contributed by atoms with Gasteiger partial charge in [0.05, 0.1) is 6.61 Å². The molecule has 0 amide bonds. The number of alkyl halides is 3. The minimum Gasteiger partial charge on any atom is -0.463 e. The van der Waals surface area contributed by atoms with Crippen LogP contribution in [0, 0.1) is 0 Å². The largest absolute Gasteiger partial charge is 0.463 e. The van der Waals surface area contributed by atoms with E-state index >= 15 is 0 Å². The van der Waals surface area contributed by atoms with E-state index in [0.29, 0.717) is 6.61 Å². The van der Waals surface area contributed by atoms with E-state index in [0.717, 1.165) is 19.3 Å². The van der Waals surface area contributed by atoms with Gasteiger partial charge in [0.1, 0.15) is 0 Å². The van der Waals surface area contributed by atoms with Crippen LogP contribution in [-0.2, 0) is 9.53 Å². The molecule has 124 valence electrons. The van der Waals surface area contributed by atoms with E-state index in [9.17, 15) is 4.79 Å². The van der Waals surface area contributed by atoms with Crippen LogP contribution < -0.4 is 0 Å². The summed E-state index contributed by atoms with van der Waals surface area (Å²) < 4.78 is 2.90. The predicted molar refractivity (Wildman–Crippen MR) is 92.2 cm³/mol. The van der Waals surface area contributed by atoms with Crippen molar-refractivity contribution < 1.29 is 9.53 Å². The number of ether oxygens (including phenoxy) is 1. The molecule has 0 N–H and O–H groups in total. The van der Waals surface area contributed by atoms with Gasteiger partial charge < -0.3 is 4.74 Å². The molecular formula is C16H27Cl3O2. The molecule has 0 heterocycles. The molecule has 0 aromatic rings. The Hall–Kier alpha value is 0.0800. The Morgan fingerprint density at radius 1 is 0.905 bits per heavy atom. The van der Waals surface area contributed by atoms with Gasteiger partial charge in [0.2, 0.25) is 0 Å². The average molecular weight is 358 g/mol. The van der Waals surface area contributed by atoms with E-state index in [-0.39, 0.29) is 0 Å². The van der Waals surface area contributed by atoms with Gasteiger partial charge in [0, 0.05) is 0 Å². The minimum atomic E-state index is -1.95. The van der Waals surface area contributed by atoms with Crippen LogP contribution >= 0.6 is 34.8 Å². The molecule has 5 heteroatoms. The Morgan fingerprint density at radius 2 is 1.43 bits per heavy atom. The van der Waals surface area contributed by atoms with Gasteiger partial charge in [-0.05, 0) is 25.7 Å². The Kier molecular flexibility index (Phi) is 13.8. The van der Waals surface area contributed by atoms with Gasteiger partial charge >= 0.3 is 5.97 Å². The van der Waals surface area contributed by atoms with Crippen molar-refractivity contribution in [2.45, 2.75) is 74.9 Å². The number of allylic oxidation sites excluding steroid dienone is 2. The lowest BCUT2D eigenvalue weighted by Crippen LogP contribution is -2.22. The first-order chi connectivity index (χ1) is 9.98. The molecule has 0 saturated heterocycles. The normalized spacial score (nSPS) is 12.0. The average Bonchev–Trinajstić information content (AvgIpc) is 2.42. The highest BCUT2D eigenvalue weighted by Crippen LogP contribution is 2.27. The highest BCUT2D eigenvalue weighted by Gasteiger charge is 2.32. The van der Waals surface area contributed by atoms with Crippen LogP contribution in [0.1, 0.15) is 71.1 Å². The van der Waals surface area contributed by atoms with Gasteiger partial charge in [-0.1, -0.05) is 92.4 Å². The molecule has 0 aliphatic heterocycles. The maximum atomic E-state index is 11.1. The number of carbonyl (C=O) groups is 1. The van der Waals surface area contributed by atoms with E-state index in [2.05, 4.69) is 19.1 Å². The van der Waals surface area contributed by atoms with Crippen LogP contribution in [0.2, 0.25) is 0 Å². The lowest BCUT2D eigenvalue weighted by Gasteiger charge is -2.10. The Morgan fingerprint density at radius 3 is 2.00 bits per heavy atom. The van der Waals surface area contributed by atoms with E-state index in [4.69, 9.17) is 39.5 Å². The SMILES string of the molecule is CCCC/C=C\CCCCCCCCOC(=O)C(Cl)(Cl)Cl. The second-order valence-electron chi connectivity index (χ2n) is 5.16. The standard InChI is InChI=1S/C16H27Cl3O2/c1-2-3-4-5-6-7-8-9-10-11-12-13-14-21-15(20)16(17,18)19/h5-6H,2-4,7-14H2,1H3/b6-5-. The van der Waals surface area contributed by atoms with Crippen LogP contribution in [0.15, 0.2) is 12.2 Å². The van der Waals surface area contributed by atoms with Crippen molar-refractivity contribution in [3.63, 3.8) is 0 Å². The van der Waals surface area contributed by atoms with Gasteiger partial charge in [-0.25, -0.2) is 4.79 Å². The number of hydrogen-bond acceptors (Lipinski definition) is 2. The highest BCUT2D eigenvalue weighted by atomic mass is 35.6. The summed E-state index contributed by atoms with van der Waals surface area (Å²) >= 11 is 16.2. The monoisotopic (exact) mass is 356 g/mol. The van der Waals surface area contributed by atoms with Gasteiger partial charge in [0.15, 0.2) is 0 Å². The summed E-state index contributed by atoms with van der Waals surface area (Å²) in [6.07, 6.45) is 16.3. The van der Waals surface area contributed by atoms with Crippen LogP contribution in [0.25, 0.3) is 0 Å². The summed E-state index contributed by atoms with van der Waals surface area (Å²) in [5.74, 6) is -0.789. The molecule has 0 aliphatic carbocycles. The van der Waals surface area contributed by atoms with Crippen molar-refractivity contribution in [1.82, 2.24) is 0 Å². The van der Waals surface area contributed by atoms with Crippen molar-refractivity contribution in [2.24, 2.45) is 0 Å². The molecule has 21 heavy (non-hydrogen) atoms. The Labute approximate surface area is 144 Å². The Bertz CT molecular complexity index is 286. The van der Waals surface area contributed by atoms with E-state index in [1.165, 1.54) is 44.9 Å². The number of unbranched alkanes of at least 4 members (excludes halogenated alkanes) is 8. The molecule has 0 aromatic heterocycles. The summed E-state index contributed by atoms with van der Waals surface area (Å²) in [7, 11) is 0. The molecule has 0 aliphatic rings. The van der Waals surface area contributed by atoms with Crippen molar-refractivity contribution in [3.05, 3.63) is 12.2 Å². The van der Waals surface area contributed by atoms with Gasteiger partial charge in [0.25, 0.3) is 3.79 Å². The van der Waals surface area contributed by atoms with Crippen molar-refractivity contribution >= 4 is 40.8 Å². The molecule has 2 nitrogen and oxygen atoms in total. The van der Waals surface area contributed by atoms with E-state index in [1.54, 1.807) is 0 Å². The fourth-order valence-corrected chi connectivity index (χ4v) is 2.04. The molecule has 0 saturated carbocycles. The molecular weight excluding hydrogens is 331 g/mol. The first-order valence-corrected chi connectivity index (χ1v) is 9.00. The lowest BCUT2D eigenvalue weighted by atomic mass is 10.1. The smallest absolute Gasteiger partial charge is 0.358 e. The molecule has 0 fully saturated rings. The van der Waals surface area contributed by atoms with Crippen molar-refractivity contribution in [3.8, 4) is 0 Å². The van der Waals surface area contributed by atoms with Crippen LogP contribution in [0.3, 0.4) is 0 Å². The first-order valence-electron chi connectivity index (χ1n) is 7.87. The van der Waals surface area contributed by atoms with Crippen LogP contribution in [0.5, 0.6) is 0 Å². The quantitative estimate of drug-likeness (QED) is 0.175. The van der Waals surface area contributed by atoms with Gasteiger partial charge in [-0.15, -0.1) is 0 Å². The summed E-state index contributed by atoms with van der Waals surface area (Å²) in [4.78, 5) is 11.1. The third kappa shape index (κ3) is 14.8. The van der Waals surface area contributed by atoms with E-state index in [1.807, 2.05) is 0 Å². The van der Waals surface area contributed by atoms with Crippen molar-refractivity contribution in [1.29, 1.82) is 0 Å². The molecule has 0 spiro atoms. The zero-order valence-electron chi connectivity index (χ0n) is 12.9. The van der Waals surface area contributed by atoms with Crippen molar-refractivity contribution in [2.75, 3.05) is 6.61 Å². The maximum Gasteiger partial charge on any atom is 0.358 e. The van der Waals surface area contributed by atoms with Crippen LogP contribution in [0.4, 0.5) is 0 Å². The summed E-state index contributed by atoms with van der Waals surface area (Å²) in [5.41, 5.74) is 0. The predicted octanol–water partition coefficient (Wildman–Crippen LogP) is 6.38. The number of esters is 1. The number of halogens is 3. The molecule has 0 aromatic carbocycles. The summed E-state index contributed by atoms with van der Waals surface area (Å²) in [6.45, 7) is 2.54. The third-order valence-corrected chi connectivity index (χ3v) is 3.58. The summed E-state index contributed by atoms with van der Waals surface area (Å²) in [6, 6.07) is 0. The lowest BCUT2D eigenvalue weighted by molar-refractivity contribution is -0.142. The minimum absolute atomic E-state index is 0.326. The second kappa shape index (κ2) is 13.7. The molecule has 0 radical (unpaired) electrons.